The zero-order chi connectivity index (χ0) is 13.8. The molecule has 0 aliphatic rings. The standard InChI is InChI=1S/C14H18N4O/c1-10-7-13(15)17-14(16-10)9-18(2)11-5-4-6-12(8-11)19-3/h4-8H,9H2,1-3H3,(H2,15,16,17). The largest absolute Gasteiger partial charge is 0.497 e. The van der Waals surface area contributed by atoms with Gasteiger partial charge >= 0.3 is 0 Å². The number of aromatic nitrogens is 2. The molecule has 0 amide bonds. The molecular formula is C14H18N4O. The van der Waals surface area contributed by atoms with Gasteiger partial charge in [-0.3, -0.25) is 0 Å². The molecule has 0 fully saturated rings. The maximum absolute atomic E-state index is 5.73. The number of rotatable bonds is 4. The number of nitrogens with zero attached hydrogens (tertiary/aromatic N) is 3. The molecule has 2 N–H and O–H groups in total. The molecule has 0 radical (unpaired) electrons. The van der Waals surface area contributed by atoms with Crippen molar-refractivity contribution in [1.29, 1.82) is 0 Å². The average Bonchev–Trinajstić information content (AvgIpc) is 2.37. The van der Waals surface area contributed by atoms with Gasteiger partial charge in [0, 0.05) is 30.6 Å². The smallest absolute Gasteiger partial charge is 0.150 e. The number of hydrogen-bond acceptors (Lipinski definition) is 5. The Hall–Kier alpha value is -2.30. The quantitative estimate of drug-likeness (QED) is 0.908. The number of aryl methyl sites for hydroxylation is 1. The topological polar surface area (TPSA) is 64.3 Å². The van der Waals surface area contributed by atoms with Crippen molar-refractivity contribution < 1.29 is 4.74 Å². The molecule has 0 bridgehead atoms. The van der Waals surface area contributed by atoms with E-state index in [1.165, 1.54) is 0 Å². The Morgan fingerprint density at radius 1 is 1.26 bits per heavy atom. The van der Waals surface area contributed by atoms with Crippen LogP contribution in [-0.4, -0.2) is 24.1 Å². The zero-order valence-electron chi connectivity index (χ0n) is 11.4. The van der Waals surface area contributed by atoms with Gasteiger partial charge in [-0.05, 0) is 19.1 Å². The van der Waals surface area contributed by atoms with Gasteiger partial charge < -0.3 is 15.4 Å². The molecule has 5 nitrogen and oxygen atoms in total. The monoisotopic (exact) mass is 258 g/mol. The van der Waals surface area contributed by atoms with Crippen LogP contribution in [-0.2, 0) is 6.54 Å². The van der Waals surface area contributed by atoms with Crippen LogP contribution in [0.4, 0.5) is 11.5 Å². The summed E-state index contributed by atoms with van der Waals surface area (Å²) in [6.45, 7) is 2.51. The second kappa shape index (κ2) is 5.56. The maximum Gasteiger partial charge on any atom is 0.150 e. The molecule has 0 saturated heterocycles. The summed E-state index contributed by atoms with van der Waals surface area (Å²) in [5.41, 5.74) is 7.65. The third-order valence-corrected chi connectivity index (χ3v) is 2.79. The predicted octanol–water partition coefficient (Wildman–Crippen LogP) is 2.01. The van der Waals surface area contributed by atoms with E-state index in [0.717, 1.165) is 17.1 Å². The van der Waals surface area contributed by atoms with Gasteiger partial charge in [-0.25, -0.2) is 9.97 Å². The summed E-state index contributed by atoms with van der Waals surface area (Å²) in [6.07, 6.45) is 0. The molecule has 0 unspecified atom stereocenters. The summed E-state index contributed by atoms with van der Waals surface area (Å²) in [7, 11) is 3.64. The van der Waals surface area contributed by atoms with E-state index in [-0.39, 0.29) is 0 Å². The van der Waals surface area contributed by atoms with Crippen molar-refractivity contribution in [1.82, 2.24) is 9.97 Å². The molecule has 0 atom stereocenters. The normalized spacial score (nSPS) is 10.3. The van der Waals surface area contributed by atoms with E-state index >= 15 is 0 Å². The third kappa shape index (κ3) is 3.34. The highest BCUT2D eigenvalue weighted by Gasteiger charge is 2.06. The second-order valence-corrected chi connectivity index (χ2v) is 4.41. The predicted molar refractivity (Wildman–Crippen MR) is 76.3 cm³/mol. The lowest BCUT2D eigenvalue weighted by Gasteiger charge is -2.19. The molecule has 0 aliphatic carbocycles. The van der Waals surface area contributed by atoms with Gasteiger partial charge in [-0.15, -0.1) is 0 Å². The lowest BCUT2D eigenvalue weighted by atomic mass is 10.2. The van der Waals surface area contributed by atoms with Crippen molar-refractivity contribution >= 4 is 11.5 Å². The van der Waals surface area contributed by atoms with Crippen molar-refractivity contribution in [2.45, 2.75) is 13.5 Å². The van der Waals surface area contributed by atoms with E-state index in [9.17, 15) is 0 Å². The van der Waals surface area contributed by atoms with Gasteiger partial charge in [-0.2, -0.15) is 0 Å². The Balaban J connectivity index is 2.17. The highest BCUT2D eigenvalue weighted by atomic mass is 16.5. The molecule has 0 aliphatic heterocycles. The Kier molecular flexibility index (Phi) is 3.85. The fourth-order valence-corrected chi connectivity index (χ4v) is 1.88. The first-order valence-electron chi connectivity index (χ1n) is 6.03. The molecule has 2 aromatic rings. The minimum atomic E-state index is 0.501. The number of methoxy groups -OCH3 is 1. The van der Waals surface area contributed by atoms with Gasteiger partial charge in [0.15, 0.2) is 0 Å². The molecule has 1 heterocycles. The van der Waals surface area contributed by atoms with Crippen molar-refractivity contribution in [3.63, 3.8) is 0 Å². The summed E-state index contributed by atoms with van der Waals surface area (Å²) < 4.78 is 5.22. The summed E-state index contributed by atoms with van der Waals surface area (Å²) in [5.74, 6) is 2.04. The number of ether oxygens (including phenoxy) is 1. The number of nitrogen functional groups attached to an aromatic ring is 1. The lowest BCUT2D eigenvalue weighted by Crippen LogP contribution is -2.19. The fraction of sp³-hybridized carbons (Fsp3) is 0.286. The molecule has 2 rings (SSSR count). The lowest BCUT2D eigenvalue weighted by molar-refractivity contribution is 0.415. The van der Waals surface area contributed by atoms with Crippen LogP contribution in [0.1, 0.15) is 11.5 Å². The van der Waals surface area contributed by atoms with Crippen LogP contribution in [0.5, 0.6) is 5.75 Å². The first-order valence-corrected chi connectivity index (χ1v) is 6.03. The van der Waals surface area contributed by atoms with E-state index in [1.807, 2.05) is 38.2 Å². The van der Waals surface area contributed by atoms with Crippen LogP contribution in [0, 0.1) is 6.92 Å². The van der Waals surface area contributed by atoms with Crippen LogP contribution in [0.3, 0.4) is 0 Å². The Morgan fingerprint density at radius 2 is 2.05 bits per heavy atom. The van der Waals surface area contributed by atoms with Gasteiger partial charge in [0.1, 0.15) is 17.4 Å². The van der Waals surface area contributed by atoms with Crippen LogP contribution in [0.25, 0.3) is 0 Å². The minimum Gasteiger partial charge on any atom is -0.497 e. The third-order valence-electron chi connectivity index (χ3n) is 2.79. The van der Waals surface area contributed by atoms with Gasteiger partial charge in [0.2, 0.25) is 0 Å². The summed E-state index contributed by atoms with van der Waals surface area (Å²) in [4.78, 5) is 10.7. The summed E-state index contributed by atoms with van der Waals surface area (Å²) >= 11 is 0. The van der Waals surface area contributed by atoms with Gasteiger partial charge in [-0.1, -0.05) is 6.07 Å². The Bertz CT molecular complexity index is 551. The molecule has 0 saturated carbocycles. The molecule has 1 aromatic heterocycles. The van der Waals surface area contributed by atoms with E-state index in [1.54, 1.807) is 13.2 Å². The molecular weight excluding hydrogens is 240 g/mol. The van der Waals surface area contributed by atoms with E-state index in [2.05, 4.69) is 14.9 Å². The summed E-state index contributed by atoms with van der Waals surface area (Å²) in [5, 5.41) is 0. The first kappa shape index (κ1) is 13.1. The molecule has 19 heavy (non-hydrogen) atoms. The van der Waals surface area contributed by atoms with Crippen molar-refractivity contribution in [3.05, 3.63) is 41.9 Å². The molecule has 1 aromatic carbocycles. The van der Waals surface area contributed by atoms with Crippen LogP contribution in [0.2, 0.25) is 0 Å². The highest BCUT2D eigenvalue weighted by molar-refractivity contribution is 5.50. The van der Waals surface area contributed by atoms with E-state index < -0.39 is 0 Å². The average molecular weight is 258 g/mol. The number of benzene rings is 1. The van der Waals surface area contributed by atoms with Crippen LogP contribution in [0.15, 0.2) is 30.3 Å². The highest BCUT2D eigenvalue weighted by Crippen LogP contribution is 2.20. The molecule has 5 heteroatoms. The van der Waals surface area contributed by atoms with Crippen molar-refractivity contribution in [2.75, 3.05) is 24.8 Å². The Labute approximate surface area is 113 Å². The SMILES string of the molecule is COc1cccc(N(C)Cc2nc(C)cc(N)n2)c1. The number of hydrogen-bond donors (Lipinski definition) is 1. The van der Waals surface area contributed by atoms with Crippen LogP contribution >= 0.6 is 0 Å². The van der Waals surface area contributed by atoms with E-state index in [0.29, 0.717) is 18.2 Å². The maximum atomic E-state index is 5.73. The van der Waals surface area contributed by atoms with E-state index in [4.69, 9.17) is 10.5 Å². The zero-order valence-corrected chi connectivity index (χ0v) is 11.4. The fourth-order valence-electron chi connectivity index (χ4n) is 1.88. The summed E-state index contributed by atoms with van der Waals surface area (Å²) in [6, 6.07) is 9.62. The van der Waals surface area contributed by atoms with Gasteiger partial charge in [0.25, 0.3) is 0 Å². The number of nitrogens with two attached hydrogens (primary N) is 1. The number of anilines is 2. The van der Waals surface area contributed by atoms with Crippen molar-refractivity contribution in [3.8, 4) is 5.75 Å². The van der Waals surface area contributed by atoms with Crippen LogP contribution < -0.4 is 15.4 Å². The minimum absolute atomic E-state index is 0.501. The first-order chi connectivity index (χ1) is 9.08. The second-order valence-electron chi connectivity index (χ2n) is 4.41. The molecule has 0 spiro atoms. The Morgan fingerprint density at radius 3 is 2.74 bits per heavy atom. The van der Waals surface area contributed by atoms with Gasteiger partial charge in [0.05, 0.1) is 13.7 Å². The molecule has 100 valence electrons. The van der Waals surface area contributed by atoms with Crippen molar-refractivity contribution in [2.24, 2.45) is 0 Å².